The lowest BCUT2D eigenvalue weighted by molar-refractivity contribution is -0.870. The summed E-state index contributed by atoms with van der Waals surface area (Å²) in [5.74, 6) is 0. The predicted molar refractivity (Wildman–Crippen MR) is 149 cm³/mol. The highest BCUT2D eigenvalue weighted by Crippen LogP contribution is 2.42. The lowest BCUT2D eigenvalue weighted by Gasteiger charge is -2.24. The summed E-state index contributed by atoms with van der Waals surface area (Å²) < 4.78 is 29.3. The van der Waals surface area contributed by atoms with E-state index in [4.69, 9.17) is 14.0 Å². The van der Waals surface area contributed by atoms with E-state index in [0.717, 1.165) is 13.0 Å². The highest BCUT2D eigenvalue weighted by molar-refractivity contribution is 7.52. The van der Waals surface area contributed by atoms with Crippen molar-refractivity contribution in [1.82, 2.24) is 0 Å². The Morgan fingerprint density at radius 1 is 0.743 bits per heavy atom. The molecule has 6 nitrogen and oxygen atoms in total. The standard InChI is InChI=1S/C28H60NO5P/c1-6-7-8-9-10-11-12-13-14-15-16-17-18-19-20-21-24-33-27-28(32-5)22-26-35(30,31)34-25-23-29(2,3)4/h28H,6-27H2,1-5H3/p+1/t28-/m0/s1. The van der Waals surface area contributed by atoms with Gasteiger partial charge in [-0.05, 0) is 12.8 Å². The van der Waals surface area contributed by atoms with Gasteiger partial charge in [-0.3, -0.25) is 4.57 Å². The molecule has 0 saturated carbocycles. The van der Waals surface area contributed by atoms with Crippen LogP contribution in [0.3, 0.4) is 0 Å². The minimum Gasteiger partial charge on any atom is -0.379 e. The summed E-state index contributed by atoms with van der Waals surface area (Å²) >= 11 is 0. The predicted octanol–water partition coefficient (Wildman–Crippen LogP) is 7.58. The Hall–Kier alpha value is 0.0300. The monoisotopic (exact) mass is 522 g/mol. The molecule has 0 aliphatic carbocycles. The van der Waals surface area contributed by atoms with E-state index in [9.17, 15) is 9.46 Å². The molecule has 0 saturated heterocycles. The lowest BCUT2D eigenvalue weighted by atomic mass is 10.0. The highest BCUT2D eigenvalue weighted by Gasteiger charge is 2.23. The molecule has 0 amide bonds. The fourth-order valence-corrected chi connectivity index (χ4v) is 5.18. The summed E-state index contributed by atoms with van der Waals surface area (Å²) in [7, 11) is 4.15. The second kappa shape index (κ2) is 23.2. The Kier molecular flexibility index (Phi) is 23.2. The molecule has 0 aromatic heterocycles. The average molecular weight is 523 g/mol. The zero-order chi connectivity index (χ0) is 26.3. The Bertz CT molecular complexity index is 498. The van der Waals surface area contributed by atoms with E-state index in [1.165, 1.54) is 96.3 Å². The van der Waals surface area contributed by atoms with E-state index < -0.39 is 7.60 Å². The Morgan fingerprint density at radius 2 is 1.20 bits per heavy atom. The van der Waals surface area contributed by atoms with Crippen LogP contribution in [0.2, 0.25) is 0 Å². The molecule has 0 radical (unpaired) electrons. The molecule has 0 aromatic carbocycles. The topological polar surface area (TPSA) is 65.0 Å². The van der Waals surface area contributed by atoms with Gasteiger partial charge in [0.15, 0.2) is 0 Å². The maximum absolute atomic E-state index is 12.2. The normalized spacial score (nSPS) is 14.8. The summed E-state index contributed by atoms with van der Waals surface area (Å²) in [6.07, 6.45) is 22.2. The first-order chi connectivity index (χ1) is 16.7. The molecular weight excluding hydrogens is 461 g/mol. The van der Waals surface area contributed by atoms with Gasteiger partial charge in [0.25, 0.3) is 0 Å². The quantitative estimate of drug-likeness (QED) is 0.0684. The molecule has 0 aliphatic heterocycles. The van der Waals surface area contributed by atoms with Gasteiger partial charge in [-0.1, -0.05) is 103 Å². The number of methoxy groups -OCH3 is 1. The molecule has 0 aromatic rings. The molecule has 0 spiro atoms. The van der Waals surface area contributed by atoms with Crippen molar-refractivity contribution in [3.63, 3.8) is 0 Å². The van der Waals surface area contributed by atoms with Gasteiger partial charge in [0, 0.05) is 13.7 Å². The van der Waals surface area contributed by atoms with E-state index in [1.54, 1.807) is 7.11 Å². The van der Waals surface area contributed by atoms with Crippen molar-refractivity contribution in [3.05, 3.63) is 0 Å². The third-order valence-corrected chi connectivity index (χ3v) is 7.98. The molecular formula is C28H61NO5P+. The van der Waals surface area contributed by atoms with Crippen LogP contribution >= 0.6 is 7.60 Å². The third-order valence-electron chi connectivity index (χ3n) is 6.57. The minimum absolute atomic E-state index is 0.102. The second-order valence-electron chi connectivity index (χ2n) is 11.2. The van der Waals surface area contributed by atoms with Gasteiger partial charge in [-0.15, -0.1) is 0 Å². The number of unbranched alkanes of at least 4 members (excludes halogenated alkanes) is 15. The number of rotatable bonds is 27. The van der Waals surface area contributed by atoms with E-state index in [1.807, 2.05) is 21.1 Å². The van der Waals surface area contributed by atoms with Gasteiger partial charge in [-0.25, -0.2) is 0 Å². The van der Waals surface area contributed by atoms with Crippen LogP contribution in [0, 0.1) is 0 Å². The van der Waals surface area contributed by atoms with Crippen molar-refractivity contribution >= 4 is 7.60 Å². The first kappa shape index (κ1) is 35.0. The zero-order valence-corrected chi connectivity index (χ0v) is 25.0. The smallest absolute Gasteiger partial charge is 0.328 e. The van der Waals surface area contributed by atoms with E-state index in [2.05, 4.69) is 6.92 Å². The molecule has 7 heteroatoms. The molecule has 2 atom stereocenters. The average Bonchev–Trinajstić information content (AvgIpc) is 2.79. The van der Waals surface area contributed by atoms with Crippen molar-refractivity contribution in [2.24, 2.45) is 0 Å². The minimum atomic E-state index is -3.57. The fourth-order valence-electron chi connectivity index (χ4n) is 4.07. The van der Waals surface area contributed by atoms with Crippen molar-refractivity contribution in [3.8, 4) is 0 Å². The Labute approximate surface area is 218 Å². The Balaban J connectivity index is 3.49. The number of quaternary nitrogens is 1. The number of likely N-dealkylation sites (N-methyl/N-ethyl adjacent to an activating group) is 1. The maximum Gasteiger partial charge on any atom is 0.328 e. The van der Waals surface area contributed by atoms with Gasteiger partial charge >= 0.3 is 7.60 Å². The molecule has 0 bridgehead atoms. The van der Waals surface area contributed by atoms with Gasteiger partial charge < -0.3 is 23.4 Å². The van der Waals surface area contributed by atoms with Gasteiger partial charge in [0.1, 0.15) is 13.2 Å². The second-order valence-corrected chi connectivity index (χ2v) is 13.2. The van der Waals surface area contributed by atoms with Crippen LogP contribution < -0.4 is 0 Å². The summed E-state index contributed by atoms with van der Waals surface area (Å²) in [6, 6.07) is 0. The summed E-state index contributed by atoms with van der Waals surface area (Å²) in [4.78, 5) is 10.0. The summed E-state index contributed by atoms with van der Waals surface area (Å²) in [5.41, 5.74) is 0. The first-order valence-electron chi connectivity index (χ1n) is 14.6. The molecule has 1 N–H and O–H groups in total. The van der Waals surface area contributed by atoms with Crippen LogP contribution in [0.1, 0.15) is 116 Å². The van der Waals surface area contributed by atoms with E-state index >= 15 is 0 Å². The molecule has 1 unspecified atom stereocenters. The number of hydrogen-bond donors (Lipinski definition) is 1. The van der Waals surface area contributed by atoms with Crippen molar-refractivity contribution in [2.45, 2.75) is 122 Å². The van der Waals surface area contributed by atoms with Gasteiger partial charge in [-0.2, -0.15) is 0 Å². The van der Waals surface area contributed by atoms with E-state index in [0.29, 0.717) is 24.1 Å². The van der Waals surface area contributed by atoms with Gasteiger partial charge in [0.2, 0.25) is 0 Å². The first-order valence-corrected chi connectivity index (χ1v) is 16.3. The van der Waals surface area contributed by atoms with Crippen molar-refractivity contribution in [1.29, 1.82) is 0 Å². The highest BCUT2D eigenvalue weighted by atomic mass is 31.2. The zero-order valence-electron chi connectivity index (χ0n) is 24.1. The molecule has 212 valence electrons. The summed E-state index contributed by atoms with van der Waals surface area (Å²) in [5, 5.41) is 0. The summed E-state index contributed by atoms with van der Waals surface area (Å²) in [6.45, 7) is 4.46. The Morgan fingerprint density at radius 3 is 1.63 bits per heavy atom. The van der Waals surface area contributed by atoms with Crippen LogP contribution in [0.25, 0.3) is 0 Å². The van der Waals surface area contributed by atoms with Crippen LogP contribution in [-0.2, 0) is 18.6 Å². The van der Waals surface area contributed by atoms with Crippen LogP contribution in [-0.4, -0.2) is 76.3 Å². The molecule has 0 heterocycles. The molecule has 0 aliphatic rings. The molecule has 0 fully saturated rings. The van der Waals surface area contributed by atoms with Gasteiger partial charge in [0.05, 0.1) is 40.0 Å². The van der Waals surface area contributed by atoms with Crippen molar-refractivity contribution < 1.29 is 27.9 Å². The van der Waals surface area contributed by atoms with E-state index in [-0.39, 0.29) is 18.9 Å². The number of nitrogens with zero attached hydrogens (tertiary/aromatic N) is 1. The van der Waals surface area contributed by atoms with Crippen LogP contribution in [0.4, 0.5) is 0 Å². The molecule has 35 heavy (non-hydrogen) atoms. The third kappa shape index (κ3) is 26.9. The number of hydrogen-bond acceptors (Lipinski definition) is 4. The lowest BCUT2D eigenvalue weighted by Crippen LogP contribution is -2.37. The van der Waals surface area contributed by atoms with Crippen molar-refractivity contribution in [2.75, 3.05) is 60.8 Å². The fraction of sp³-hybridized carbons (Fsp3) is 1.00. The SMILES string of the molecule is CCCCCCCCCCCCCCCCCCOC[C@H](CCP(=O)(O)OCC[N+](C)(C)C)OC. The van der Waals surface area contributed by atoms with Crippen LogP contribution in [0.5, 0.6) is 0 Å². The number of ether oxygens (including phenoxy) is 2. The van der Waals surface area contributed by atoms with Crippen LogP contribution in [0.15, 0.2) is 0 Å². The largest absolute Gasteiger partial charge is 0.379 e. The molecule has 0 rings (SSSR count). The maximum atomic E-state index is 12.2.